The molecule has 0 fully saturated rings. The lowest BCUT2D eigenvalue weighted by molar-refractivity contribution is 0.221. The van der Waals surface area contributed by atoms with Gasteiger partial charge in [-0.2, -0.15) is 0 Å². The van der Waals surface area contributed by atoms with Gasteiger partial charge in [0, 0.05) is 13.0 Å². The number of alkyl halides is 1. The van der Waals surface area contributed by atoms with Gasteiger partial charge in [0.05, 0.1) is 0 Å². The maximum atomic E-state index is 13.2. The molecule has 0 heterocycles. The molecule has 0 aliphatic carbocycles. The summed E-state index contributed by atoms with van der Waals surface area (Å²) in [5.41, 5.74) is 1.63. The molecule has 1 aromatic carbocycles. The molecule has 0 saturated heterocycles. The molecule has 1 aromatic rings. The zero-order valence-electron chi connectivity index (χ0n) is 7.13. The number of aryl methyl sites for hydroxylation is 1. The summed E-state index contributed by atoms with van der Waals surface area (Å²) in [6.45, 7) is 1.77. The number of aliphatic hydroxyl groups excluding tert-OH is 1. The van der Waals surface area contributed by atoms with Crippen LogP contribution in [-0.4, -0.2) is 11.7 Å². The molecule has 0 aromatic heterocycles. The Balaban J connectivity index is 2.79. The monoisotopic (exact) mass is 168 g/mol. The first kappa shape index (κ1) is 9.20. The quantitative estimate of drug-likeness (QED) is 0.734. The van der Waals surface area contributed by atoms with E-state index in [9.17, 15) is 4.39 Å². The Hall–Kier alpha value is -0.890. The summed E-state index contributed by atoms with van der Waals surface area (Å²) in [6.07, 6.45) is -0.846. The van der Waals surface area contributed by atoms with Crippen molar-refractivity contribution in [3.05, 3.63) is 35.4 Å². The lowest BCUT2D eigenvalue weighted by Gasteiger charge is -2.09. The Bertz CT molecular complexity index is 247. The molecule has 0 radical (unpaired) electrons. The van der Waals surface area contributed by atoms with Crippen LogP contribution in [0.3, 0.4) is 0 Å². The van der Waals surface area contributed by atoms with Crippen molar-refractivity contribution in [3.8, 4) is 0 Å². The molecule has 1 N–H and O–H groups in total. The smallest absolute Gasteiger partial charge is 0.128 e. The standard InChI is InChI=1S/C10H13FO/c1-8-4-2-3-5-9(8)10(11)6-7-12/h2-5,10,12H,6-7H2,1H3. The molecule has 2 heteroatoms. The van der Waals surface area contributed by atoms with Crippen molar-refractivity contribution in [2.24, 2.45) is 0 Å². The highest BCUT2D eigenvalue weighted by atomic mass is 19.1. The van der Waals surface area contributed by atoms with Crippen LogP contribution in [0.5, 0.6) is 0 Å². The lowest BCUT2D eigenvalue weighted by Crippen LogP contribution is -1.97. The second-order valence-electron chi connectivity index (χ2n) is 2.84. The summed E-state index contributed by atoms with van der Waals surface area (Å²) >= 11 is 0. The number of rotatable bonds is 3. The first-order valence-corrected chi connectivity index (χ1v) is 4.06. The number of hydrogen-bond acceptors (Lipinski definition) is 1. The molecule has 0 spiro atoms. The first-order chi connectivity index (χ1) is 5.75. The van der Waals surface area contributed by atoms with Crippen LogP contribution in [0.1, 0.15) is 23.7 Å². The maximum absolute atomic E-state index is 13.2. The SMILES string of the molecule is Cc1ccccc1C(F)CCO. The van der Waals surface area contributed by atoms with Crippen molar-refractivity contribution in [1.82, 2.24) is 0 Å². The zero-order valence-corrected chi connectivity index (χ0v) is 7.13. The highest BCUT2D eigenvalue weighted by Crippen LogP contribution is 2.23. The van der Waals surface area contributed by atoms with Crippen LogP contribution in [0.15, 0.2) is 24.3 Å². The van der Waals surface area contributed by atoms with E-state index in [1.807, 2.05) is 25.1 Å². The molecule has 0 saturated carbocycles. The third kappa shape index (κ3) is 2.05. The van der Waals surface area contributed by atoms with Crippen LogP contribution in [0.2, 0.25) is 0 Å². The molecule has 0 bridgehead atoms. The van der Waals surface area contributed by atoms with Gasteiger partial charge < -0.3 is 5.11 Å². The number of aliphatic hydroxyl groups is 1. The predicted octanol–water partition coefficient (Wildman–Crippen LogP) is 2.39. The third-order valence-electron chi connectivity index (χ3n) is 1.91. The molecular weight excluding hydrogens is 155 g/mol. The van der Waals surface area contributed by atoms with Gasteiger partial charge in [-0.1, -0.05) is 24.3 Å². The van der Waals surface area contributed by atoms with Gasteiger partial charge in [0.2, 0.25) is 0 Å². The van der Waals surface area contributed by atoms with Gasteiger partial charge >= 0.3 is 0 Å². The van der Waals surface area contributed by atoms with E-state index in [0.717, 1.165) is 5.56 Å². The second-order valence-corrected chi connectivity index (χ2v) is 2.84. The molecule has 0 aliphatic rings. The Morgan fingerprint density at radius 2 is 2.08 bits per heavy atom. The maximum Gasteiger partial charge on any atom is 0.128 e. The molecule has 66 valence electrons. The molecular formula is C10H13FO. The molecule has 1 nitrogen and oxygen atoms in total. The Morgan fingerprint density at radius 1 is 1.42 bits per heavy atom. The van der Waals surface area contributed by atoms with Crippen LogP contribution < -0.4 is 0 Å². The van der Waals surface area contributed by atoms with Gasteiger partial charge in [-0.15, -0.1) is 0 Å². The molecule has 1 unspecified atom stereocenters. The summed E-state index contributed by atoms with van der Waals surface area (Å²) in [5.74, 6) is 0. The van der Waals surface area contributed by atoms with Crippen molar-refractivity contribution in [3.63, 3.8) is 0 Å². The summed E-state index contributed by atoms with van der Waals surface area (Å²) in [6, 6.07) is 7.33. The van der Waals surface area contributed by atoms with Gasteiger partial charge in [0.15, 0.2) is 0 Å². The minimum absolute atomic E-state index is 0.102. The van der Waals surface area contributed by atoms with Crippen molar-refractivity contribution >= 4 is 0 Å². The summed E-state index contributed by atoms with van der Waals surface area (Å²) < 4.78 is 13.2. The van der Waals surface area contributed by atoms with Crippen molar-refractivity contribution < 1.29 is 9.50 Å². The topological polar surface area (TPSA) is 20.2 Å². The molecule has 1 rings (SSSR count). The van der Waals surface area contributed by atoms with Gasteiger partial charge in [0.1, 0.15) is 6.17 Å². The van der Waals surface area contributed by atoms with E-state index in [2.05, 4.69) is 0 Å². The molecule has 12 heavy (non-hydrogen) atoms. The van der Waals surface area contributed by atoms with Crippen molar-refractivity contribution in [1.29, 1.82) is 0 Å². The van der Waals surface area contributed by atoms with Crippen LogP contribution in [0.4, 0.5) is 4.39 Å². The van der Waals surface area contributed by atoms with E-state index in [1.165, 1.54) is 0 Å². The fourth-order valence-electron chi connectivity index (χ4n) is 1.21. The molecule has 0 aliphatic heterocycles. The Labute approximate surface area is 71.9 Å². The van der Waals surface area contributed by atoms with E-state index >= 15 is 0 Å². The minimum atomic E-state index is -1.03. The van der Waals surface area contributed by atoms with Crippen molar-refractivity contribution in [2.75, 3.05) is 6.61 Å². The fourth-order valence-corrected chi connectivity index (χ4v) is 1.21. The van der Waals surface area contributed by atoms with Gasteiger partial charge in [-0.25, -0.2) is 4.39 Å². The average Bonchev–Trinajstić information content (AvgIpc) is 2.05. The largest absolute Gasteiger partial charge is 0.396 e. The molecule has 0 amide bonds. The number of benzene rings is 1. The van der Waals surface area contributed by atoms with Crippen LogP contribution in [0, 0.1) is 6.92 Å². The second kappa shape index (κ2) is 4.21. The van der Waals surface area contributed by atoms with Gasteiger partial charge in [0.25, 0.3) is 0 Å². The van der Waals surface area contributed by atoms with E-state index in [1.54, 1.807) is 6.07 Å². The lowest BCUT2D eigenvalue weighted by atomic mass is 10.0. The zero-order chi connectivity index (χ0) is 8.97. The molecule has 1 atom stereocenters. The predicted molar refractivity (Wildman–Crippen MR) is 46.7 cm³/mol. The highest BCUT2D eigenvalue weighted by Gasteiger charge is 2.10. The van der Waals surface area contributed by atoms with Gasteiger partial charge in [-0.05, 0) is 18.1 Å². The summed E-state index contributed by atoms with van der Waals surface area (Å²) in [5, 5.41) is 8.55. The summed E-state index contributed by atoms with van der Waals surface area (Å²) in [4.78, 5) is 0. The normalized spacial score (nSPS) is 12.9. The fraction of sp³-hybridized carbons (Fsp3) is 0.400. The van der Waals surface area contributed by atoms with Crippen LogP contribution >= 0.6 is 0 Å². The Morgan fingerprint density at radius 3 is 2.67 bits per heavy atom. The number of hydrogen-bond donors (Lipinski definition) is 1. The Kier molecular flexibility index (Phi) is 3.23. The van der Waals surface area contributed by atoms with E-state index in [-0.39, 0.29) is 13.0 Å². The van der Waals surface area contributed by atoms with E-state index in [4.69, 9.17) is 5.11 Å². The third-order valence-corrected chi connectivity index (χ3v) is 1.91. The minimum Gasteiger partial charge on any atom is -0.396 e. The van der Waals surface area contributed by atoms with E-state index < -0.39 is 6.17 Å². The van der Waals surface area contributed by atoms with Crippen LogP contribution in [0.25, 0.3) is 0 Å². The number of halogens is 1. The highest BCUT2D eigenvalue weighted by molar-refractivity contribution is 5.27. The van der Waals surface area contributed by atoms with E-state index in [0.29, 0.717) is 5.56 Å². The first-order valence-electron chi connectivity index (χ1n) is 4.06. The van der Waals surface area contributed by atoms with Crippen molar-refractivity contribution in [2.45, 2.75) is 19.5 Å². The van der Waals surface area contributed by atoms with Crippen LogP contribution in [-0.2, 0) is 0 Å². The average molecular weight is 168 g/mol. The van der Waals surface area contributed by atoms with Gasteiger partial charge in [-0.3, -0.25) is 0 Å². The summed E-state index contributed by atoms with van der Waals surface area (Å²) in [7, 11) is 0.